The van der Waals surface area contributed by atoms with Gasteiger partial charge >= 0.3 is 29.8 Å². The van der Waals surface area contributed by atoms with Gasteiger partial charge < -0.3 is 98.4 Å². The largest absolute Gasteiger partial charge is 0.508 e. The predicted octanol–water partition coefficient (Wildman–Crippen LogP) is -0.394. The maximum absolute atomic E-state index is 12.6. The van der Waals surface area contributed by atoms with Crippen molar-refractivity contribution < 1.29 is 122 Å². The van der Waals surface area contributed by atoms with Crippen molar-refractivity contribution in [3.8, 4) is 40.2 Å². The lowest BCUT2D eigenvalue weighted by atomic mass is 9.98. The van der Waals surface area contributed by atoms with Gasteiger partial charge in [0.2, 0.25) is 18.3 Å². The van der Waals surface area contributed by atoms with Crippen LogP contribution in [0.3, 0.4) is 0 Å². The molecule has 3 heterocycles. The molecular weight excluding hydrogens is 928 g/mol. The highest BCUT2D eigenvalue weighted by Gasteiger charge is 2.50. The second-order valence-electron chi connectivity index (χ2n) is 15.3. The number of aromatic hydroxyl groups is 3. The number of aliphatic carboxylic acids is 2. The fourth-order valence-corrected chi connectivity index (χ4v) is 7.04. The summed E-state index contributed by atoms with van der Waals surface area (Å²) in [6.45, 7) is -1.61. The first-order valence-electron chi connectivity index (χ1n) is 20.4. The molecule has 3 aromatic carbocycles. The van der Waals surface area contributed by atoms with E-state index < -0.39 is 141 Å². The standard InChI is InChI=1S/C44H46O25/c1-60-25-9-19(10-26(61-2)35(25)54)41-27(66-43-39(58)37(56)36(55)28(67-43)16-62-32(51)8-5-18-3-6-20(45)7-4-18)13-22-23(64-41)11-21(46)12-24(22)65-44-40(59)38(57)42(69-34(53)15-31(49)50)29(68-44)17-63-33(52)14-30(47)48/h3-13,28-29,36-46,54-59H,14-17H2,1-2H3,(H,47,48)(H,49,50)/b8-5+/t28-,29-,36-,37+,38-,39-,40-,41?,42-,43-,44-/m1/s1. The molecule has 25 heteroatoms. The highest BCUT2D eigenvalue weighted by molar-refractivity contribution is 5.90. The van der Waals surface area contributed by atoms with Gasteiger partial charge in [0.05, 0.1) is 19.8 Å². The molecule has 3 aliphatic heterocycles. The van der Waals surface area contributed by atoms with E-state index in [1.54, 1.807) is 0 Å². The first-order valence-corrected chi connectivity index (χ1v) is 20.4. The molecular formula is C44H46O25. The Morgan fingerprint density at radius 3 is 1.88 bits per heavy atom. The Balaban J connectivity index is 1.33. The van der Waals surface area contributed by atoms with Gasteiger partial charge in [0.25, 0.3) is 0 Å². The quantitative estimate of drug-likeness (QED) is 0.0336. The number of carbonyl (C=O) groups excluding carboxylic acids is 3. The molecule has 10 N–H and O–H groups in total. The van der Waals surface area contributed by atoms with Gasteiger partial charge in [0, 0.05) is 23.8 Å². The van der Waals surface area contributed by atoms with Gasteiger partial charge in [-0.3, -0.25) is 19.2 Å². The minimum atomic E-state index is -2.15. The zero-order valence-corrected chi connectivity index (χ0v) is 36.1. The first-order chi connectivity index (χ1) is 32.8. The first kappa shape index (κ1) is 51.0. The molecule has 25 nitrogen and oxygen atoms in total. The molecule has 2 saturated heterocycles. The molecule has 2 fully saturated rings. The SMILES string of the molecule is COc1cc(C2Oc3cc(O)cc(O[C@@H]4O[C@H](COC(=O)CC(=O)O)[C@@H](OC(=O)CC(=O)O)[C@H](O)[C@H]4O)c3C=C2O[C@@H]2O[C@H](COC(=O)/C=C/c3ccc(O)cc3)[C@@H](O)[C@H](O)[C@H]2O)cc(OC)c1O. The Bertz CT molecular complexity index is 2410. The van der Waals surface area contributed by atoms with Crippen LogP contribution in [0.4, 0.5) is 0 Å². The number of ether oxygens (including phenoxy) is 10. The van der Waals surface area contributed by atoms with Gasteiger partial charge in [-0.1, -0.05) is 12.1 Å². The van der Waals surface area contributed by atoms with E-state index in [4.69, 9.17) is 57.6 Å². The number of carboxylic acid groups (broad SMARTS) is 2. The summed E-state index contributed by atoms with van der Waals surface area (Å²) in [6, 6.07) is 10.6. The summed E-state index contributed by atoms with van der Waals surface area (Å²) in [5.41, 5.74) is 0.530. The van der Waals surface area contributed by atoms with Crippen LogP contribution in [0.2, 0.25) is 0 Å². The maximum atomic E-state index is 12.6. The number of hydrogen-bond acceptors (Lipinski definition) is 23. The number of aliphatic hydroxyl groups is 5. The van der Waals surface area contributed by atoms with Crippen LogP contribution in [0.15, 0.2) is 60.4 Å². The van der Waals surface area contributed by atoms with E-state index in [0.717, 1.165) is 18.2 Å². The van der Waals surface area contributed by atoms with E-state index in [2.05, 4.69) is 0 Å². The number of carboxylic acids is 2. The van der Waals surface area contributed by atoms with Gasteiger partial charge in [-0.2, -0.15) is 0 Å². The van der Waals surface area contributed by atoms with Crippen molar-refractivity contribution in [2.24, 2.45) is 0 Å². The molecule has 0 spiro atoms. The van der Waals surface area contributed by atoms with Crippen molar-refractivity contribution in [1.29, 1.82) is 0 Å². The smallest absolute Gasteiger partial charge is 0.330 e. The summed E-state index contributed by atoms with van der Waals surface area (Å²) in [4.78, 5) is 59.3. The highest BCUT2D eigenvalue weighted by atomic mass is 16.7. The van der Waals surface area contributed by atoms with Crippen molar-refractivity contribution in [2.75, 3.05) is 27.4 Å². The molecule has 1 unspecified atom stereocenters. The zero-order valence-electron chi connectivity index (χ0n) is 36.1. The maximum Gasteiger partial charge on any atom is 0.330 e. The molecule has 11 atom stereocenters. The molecule has 0 aromatic heterocycles. The van der Waals surface area contributed by atoms with E-state index in [1.165, 1.54) is 62.8 Å². The Labute approximate surface area is 389 Å². The van der Waals surface area contributed by atoms with Crippen LogP contribution in [-0.2, 0) is 52.4 Å². The van der Waals surface area contributed by atoms with Gasteiger partial charge in [0.15, 0.2) is 23.7 Å². The molecule has 0 bridgehead atoms. The molecule has 3 aromatic rings. The minimum Gasteiger partial charge on any atom is -0.508 e. The van der Waals surface area contributed by atoms with Crippen LogP contribution in [-0.4, -0.2) is 170 Å². The molecule has 0 radical (unpaired) electrons. The molecule has 0 saturated carbocycles. The van der Waals surface area contributed by atoms with Crippen LogP contribution < -0.4 is 18.9 Å². The number of fused-ring (bicyclic) bond motifs is 1. The number of rotatable bonds is 18. The summed E-state index contributed by atoms with van der Waals surface area (Å²) in [5.74, 6) is -8.88. The molecule has 0 aliphatic carbocycles. The van der Waals surface area contributed by atoms with Gasteiger partial charge in [-0.05, 0) is 42.0 Å². The van der Waals surface area contributed by atoms with E-state index >= 15 is 0 Å². The Kier molecular flexibility index (Phi) is 16.4. The molecule has 3 aliphatic rings. The Hall–Kier alpha value is -7.39. The lowest BCUT2D eigenvalue weighted by Crippen LogP contribution is -2.61. The Morgan fingerprint density at radius 1 is 0.652 bits per heavy atom. The monoisotopic (exact) mass is 974 g/mol. The van der Waals surface area contributed by atoms with E-state index in [0.29, 0.717) is 5.56 Å². The van der Waals surface area contributed by atoms with Crippen LogP contribution in [0.1, 0.15) is 35.6 Å². The van der Waals surface area contributed by atoms with Gasteiger partial charge in [-0.25, -0.2) is 4.79 Å². The third kappa shape index (κ3) is 12.4. The number of methoxy groups -OCH3 is 2. The second-order valence-corrected chi connectivity index (χ2v) is 15.3. The number of benzene rings is 3. The molecule has 69 heavy (non-hydrogen) atoms. The van der Waals surface area contributed by atoms with Crippen molar-refractivity contribution >= 4 is 42.0 Å². The average molecular weight is 975 g/mol. The number of esters is 3. The summed E-state index contributed by atoms with van der Waals surface area (Å²) in [5, 5.41) is 104. The summed E-state index contributed by atoms with van der Waals surface area (Å²) in [6.07, 6.45) is -19.3. The van der Waals surface area contributed by atoms with E-state index in [1.807, 2.05) is 0 Å². The highest BCUT2D eigenvalue weighted by Crippen LogP contribution is 2.48. The molecule has 372 valence electrons. The zero-order chi connectivity index (χ0) is 50.3. The van der Waals surface area contributed by atoms with Gasteiger partial charge in [0.1, 0.15) is 97.5 Å². The number of hydrogen-bond donors (Lipinski definition) is 10. The second kappa shape index (κ2) is 22.1. The lowest BCUT2D eigenvalue weighted by molar-refractivity contribution is -0.294. The van der Waals surface area contributed by atoms with Crippen LogP contribution in [0, 0.1) is 0 Å². The van der Waals surface area contributed by atoms with E-state index in [9.17, 15) is 64.8 Å². The fraction of sp³-hybridized carbons (Fsp3) is 0.386. The number of phenolic OH excluding ortho intramolecular Hbond substituents is 3. The number of carbonyl (C=O) groups is 5. The summed E-state index contributed by atoms with van der Waals surface area (Å²) >= 11 is 0. The number of phenols is 3. The van der Waals surface area contributed by atoms with Crippen LogP contribution >= 0.6 is 0 Å². The van der Waals surface area contributed by atoms with Gasteiger partial charge in [-0.15, -0.1) is 0 Å². The van der Waals surface area contributed by atoms with Crippen LogP contribution in [0.5, 0.6) is 40.2 Å². The van der Waals surface area contributed by atoms with Crippen molar-refractivity contribution in [3.05, 3.63) is 77.1 Å². The van der Waals surface area contributed by atoms with E-state index in [-0.39, 0.29) is 39.9 Å². The minimum absolute atomic E-state index is 0.000794. The Morgan fingerprint density at radius 2 is 1.25 bits per heavy atom. The fourth-order valence-electron chi connectivity index (χ4n) is 7.04. The predicted molar refractivity (Wildman–Crippen MR) is 223 cm³/mol. The topological polar surface area (TPSA) is 380 Å². The van der Waals surface area contributed by atoms with Crippen LogP contribution in [0.25, 0.3) is 12.2 Å². The average Bonchev–Trinajstić information content (AvgIpc) is 3.30. The third-order valence-electron chi connectivity index (χ3n) is 10.5. The molecule has 0 amide bonds. The third-order valence-corrected chi connectivity index (χ3v) is 10.5. The van der Waals surface area contributed by atoms with Crippen molar-refractivity contribution in [1.82, 2.24) is 0 Å². The lowest BCUT2D eigenvalue weighted by Gasteiger charge is -2.42. The number of aliphatic hydroxyl groups excluding tert-OH is 5. The normalized spacial score (nSPS) is 26.3. The summed E-state index contributed by atoms with van der Waals surface area (Å²) < 4.78 is 55.8. The molecule has 6 rings (SSSR count). The summed E-state index contributed by atoms with van der Waals surface area (Å²) in [7, 11) is 2.48. The van der Waals surface area contributed by atoms with Crippen molar-refractivity contribution in [3.63, 3.8) is 0 Å². The van der Waals surface area contributed by atoms with Crippen molar-refractivity contribution in [2.45, 2.75) is 80.4 Å².